The second-order valence-corrected chi connectivity index (χ2v) is 7.00. The Morgan fingerprint density at radius 1 is 0.440 bits per heavy atom. The topological polar surface area (TPSA) is 163 Å². The quantitative estimate of drug-likeness (QED) is 0.204. The summed E-state index contributed by atoms with van der Waals surface area (Å²) in [6.45, 7) is 0. The summed E-state index contributed by atoms with van der Waals surface area (Å²) < 4.78 is 173. The average molecular weight is 623 g/mol. The molecule has 25 heavy (non-hydrogen) atoms. The predicted molar refractivity (Wildman–Crippen MR) is 52.8 cm³/mol. The van der Waals surface area contributed by atoms with Gasteiger partial charge in [0.1, 0.15) is 0 Å². The Morgan fingerprint density at radius 2 is 0.480 bits per heavy atom. The molecule has 0 aliphatic rings. The SMILES string of the molecule is O=S(=O)(O)C(F)(F)F.O=S(=O)(O)C(F)(F)F.O=S(=O)(O)C(F)(F)F.[Yb]. The first kappa shape index (κ1) is 33.2. The van der Waals surface area contributed by atoms with Gasteiger partial charge in [-0.25, -0.2) is 0 Å². The van der Waals surface area contributed by atoms with E-state index < -0.39 is 46.9 Å². The summed E-state index contributed by atoms with van der Waals surface area (Å²) in [6, 6.07) is 0. The number of halogens is 9. The zero-order valence-electron chi connectivity index (χ0n) is 10.2. The number of alkyl halides is 9. The first-order valence-corrected chi connectivity index (χ1v) is 8.18. The smallest absolute Gasteiger partial charge is 0.279 e. The fourth-order valence-corrected chi connectivity index (χ4v) is 0. The van der Waals surface area contributed by atoms with Crippen LogP contribution in [0.4, 0.5) is 39.5 Å². The molecule has 9 nitrogen and oxygen atoms in total. The first-order chi connectivity index (χ1) is 9.75. The summed E-state index contributed by atoms with van der Waals surface area (Å²) in [5.41, 5.74) is -16.6. The van der Waals surface area contributed by atoms with Crippen molar-refractivity contribution in [1.82, 2.24) is 0 Å². The van der Waals surface area contributed by atoms with Crippen molar-refractivity contribution >= 4 is 30.4 Å². The van der Waals surface area contributed by atoms with Crippen LogP contribution in [0.15, 0.2) is 0 Å². The second kappa shape index (κ2) is 10.2. The molecule has 0 aromatic heterocycles. The van der Waals surface area contributed by atoms with Crippen LogP contribution in [0.3, 0.4) is 0 Å². The standard InChI is InChI=1S/3CHF3O3S.Yb/c3*2-1(3,4)8(5,6)7;/h3*(H,5,6,7);. The molecule has 0 bridgehead atoms. The molecule has 22 heteroatoms. The second-order valence-electron chi connectivity index (χ2n) is 2.76. The minimum atomic E-state index is -5.84. The van der Waals surface area contributed by atoms with Crippen LogP contribution in [-0.4, -0.2) is 55.4 Å². The van der Waals surface area contributed by atoms with Gasteiger partial charge in [-0.1, -0.05) is 0 Å². The van der Waals surface area contributed by atoms with Crippen molar-refractivity contribution in [3.05, 3.63) is 0 Å². The predicted octanol–water partition coefficient (Wildman–Crippen LogP) is 1.18. The van der Waals surface area contributed by atoms with Crippen LogP contribution in [0.2, 0.25) is 0 Å². The third-order valence-electron chi connectivity index (χ3n) is 0.877. The Hall–Kier alpha value is 0.619. The van der Waals surface area contributed by atoms with Crippen molar-refractivity contribution in [2.75, 3.05) is 0 Å². The molecule has 0 saturated heterocycles. The van der Waals surface area contributed by atoms with Crippen LogP contribution in [0.5, 0.6) is 0 Å². The molecule has 0 unspecified atom stereocenters. The molecule has 0 rings (SSSR count). The number of hydrogen-bond donors (Lipinski definition) is 3. The monoisotopic (exact) mass is 624 g/mol. The molecule has 0 spiro atoms. The van der Waals surface area contributed by atoms with Crippen molar-refractivity contribution in [2.24, 2.45) is 0 Å². The largest absolute Gasteiger partial charge is 0.522 e. The first-order valence-electron chi connectivity index (χ1n) is 3.86. The van der Waals surface area contributed by atoms with Crippen LogP contribution in [0.25, 0.3) is 0 Å². The molecule has 0 heterocycles. The molecule has 0 aromatic rings. The van der Waals surface area contributed by atoms with E-state index in [-0.39, 0.29) is 46.9 Å². The van der Waals surface area contributed by atoms with Gasteiger partial charge in [-0.05, 0) is 0 Å². The third kappa shape index (κ3) is 16.5. The maximum atomic E-state index is 10.7. The van der Waals surface area contributed by atoms with Crippen molar-refractivity contribution in [3.8, 4) is 0 Å². The molecular weight excluding hydrogens is 620 g/mol. The molecule has 0 aromatic carbocycles. The van der Waals surface area contributed by atoms with Gasteiger partial charge >= 0.3 is 46.9 Å². The van der Waals surface area contributed by atoms with E-state index in [1.807, 2.05) is 0 Å². The summed E-state index contributed by atoms with van der Waals surface area (Å²) in [5.74, 6) is 0. The Labute approximate surface area is 171 Å². The normalized spacial score (nSPS) is 13.4. The zero-order valence-corrected chi connectivity index (χ0v) is 14.3. The average Bonchev–Trinajstić information content (AvgIpc) is 2.08. The van der Waals surface area contributed by atoms with Crippen molar-refractivity contribution in [2.45, 2.75) is 16.5 Å². The van der Waals surface area contributed by atoms with Crippen LogP contribution >= 0.6 is 0 Å². The van der Waals surface area contributed by atoms with Gasteiger partial charge in [0.05, 0.1) is 0 Å². The maximum absolute atomic E-state index is 10.7. The minimum absolute atomic E-state index is 0. The third-order valence-corrected chi connectivity index (χ3v) is 2.63. The Bertz CT molecular complexity index is 596. The molecule has 164 valence electrons. The maximum Gasteiger partial charge on any atom is 0.522 e. The van der Waals surface area contributed by atoms with E-state index in [0.29, 0.717) is 0 Å². The van der Waals surface area contributed by atoms with Crippen LogP contribution in [0, 0.1) is 46.9 Å². The fraction of sp³-hybridized carbons (Fsp3) is 1.00. The van der Waals surface area contributed by atoms with Crippen molar-refractivity contribution in [3.63, 3.8) is 0 Å². The molecule has 0 aliphatic carbocycles. The van der Waals surface area contributed by atoms with Gasteiger partial charge < -0.3 is 0 Å². The fourth-order valence-electron chi connectivity index (χ4n) is 0. The van der Waals surface area contributed by atoms with E-state index in [0.717, 1.165) is 0 Å². The molecule has 0 aliphatic heterocycles. The van der Waals surface area contributed by atoms with E-state index in [4.69, 9.17) is 38.9 Å². The molecule has 0 atom stereocenters. The molecular formula is C3H3F9O9S3Yb. The van der Waals surface area contributed by atoms with E-state index in [9.17, 15) is 39.5 Å². The molecule has 0 saturated carbocycles. The van der Waals surface area contributed by atoms with Gasteiger partial charge in [0.2, 0.25) is 0 Å². The van der Waals surface area contributed by atoms with Crippen LogP contribution < -0.4 is 0 Å². The van der Waals surface area contributed by atoms with E-state index in [2.05, 4.69) is 0 Å². The van der Waals surface area contributed by atoms with E-state index in [1.54, 1.807) is 0 Å². The van der Waals surface area contributed by atoms with Crippen molar-refractivity contribution in [1.29, 1.82) is 0 Å². The number of rotatable bonds is 0. The number of hydrogen-bond acceptors (Lipinski definition) is 6. The van der Waals surface area contributed by atoms with Gasteiger partial charge in [0.25, 0.3) is 0 Å². The van der Waals surface area contributed by atoms with Crippen molar-refractivity contribution < 1.29 is 125 Å². The Balaban J connectivity index is -0.000000130. The van der Waals surface area contributed by atoms with Gasteiger partial charge in [0, 0.05) is 46.9 Å². The molecule has 0 radical (unpaired) electrons. The minimum Gasteiger partial charge on any atom is -0.279 e. The van der Waals surface area contributed by atoms with Gasteiger partial charge in [0.15, 0.2) is 0 Å². The van der Waals surface area contributed by atoms with Gasteiger partial charge in [-0.2, -0.15) is 64.8 Å². The molecule has 0 amide bonds. The van der Waals surface area contributed by atoms with E-state index >= 15 is 0 Å². The van der Waals surface area contributed by atoms with Gasteiger partial charge in [-0.3, -0.25) is 13.7 Å². The summed E-state index contributed by atoms with van der Waals surface area (Å²) in [7, 11) is -17.5. The van der Waals surface area contributed by atoms with Crippen LogP contribution in [0.1, 0.15) is 0 Å². The summed E-state index contributed by atoms with van der Waals surface area (Å²) in [5, 5.41) is 0. The Kier molecular flexibility index (Phi) is 13.6. The van der Waals surface area contributed by atoms with Crippen LogP contribution in [-0.2, 0) is 30.4 Å². The van der Waals surface area contributed by atoms with Gasteiger partial charge in [-0.15, -0.1) is 0 Å². The summed E-state index contributed by atoms with van der Waals surface area (Å²) in [4.78, 5) is 0. The Morgan fingerprint density at radius 3 is 0.480 bits per heavy atom. The zero-order chi connectivity index (χ0) is 21.0. The summed E-state index contributed by atoms with van der Waals surface area (Å²) >= 11 is 0. The molecule has 0 fully saturated rings. The van der Waals surface area contributed by atoms with E-state index in [1.165, 1.54) is 0 Å². The molecule has 3 N–H and O–H groups in total. The summed E-state index contributed by atoms with van der Waals surface area (Å²) in [6.07, 6.45) is 0.